The van der Waals surface area contributed by atoms with Crippen LogP contribution in [0.4, 0.5) is 5.69 Å². The van der Waals surface area contributed by atoms with Crippen molar-refractivity contribution in [3.8, 4) is 22.3 Å². The first kappa shape index (κ1) is 20.3. The van der Waals surface area contributed by atoms with E-state index in [4.69, 9.17) is 0 Å². The molecule has 0 spiro atoms. The van der Waals surface area contributed by atoms with Crippen LogP contribution in [0, 0.1) is 0 Å². The number of hydrogen-bond donors (Lipinski definition) is 2. The molecule has 0 atom stereocenters. The molecule has 34 heavy (non-hydrogen) atoms. The summed E-state index contributed by atoms with van der Waals surface area (Å²) >= 11 is 0. The van der Waals surface area contributed by atoms with Crippen LogP contribution in [0.5, 0.6) is 0 Å². The van der Waals surface area contributed by atoms with Gasteiger partial charge in [0.1, 0.15) is 0 Å². The van der Waals surface area contributed by atoms with Crippen molar-refractivity contribution in [2.75, 3.05) is 12.4 Å². The molecule has 7 nitrogen and oxygen atoms in total. The van der Waals surface area contributed by atoms with Crippen molar-refractivity contribution in [3.63, 3.8) is 0 Å². The zero-order chi connectivity index (χ0) is 23.1. The van der Waals surface area contributed by atoms with Crippen molar-refractivity contribution in [2.45, 2.75) is 13.1 Å². The minimum absolute atomic E-state index is 0.286. The van der Waals surface area contributed by atoms with E-state index in [1.165, 1.54) is 5.56 Å². The van der Waals surface area contributed by atoms with E-state index in [-0.39, 0.29) is 5.91 Å². The van der Waals surface area contributed by atoms with Crippen LogP contribution in [0.15, 0.2) is 79.4 Å². The molecule has 8 bridgehead atoms. The quantitative estimate of drug-likeness (QED) is 0.354. The molecular weight excluding hydrogens is 424 g/mol. The zero-order valence-electron chi connectivity index (χ0n) is 18.6. The van der Waals surface area contributed by atoms with Crippen molar-refractivity contribution in [2.24, 2.45) is 0 Å². The Morgan fingerprint density at radius 2 is 1.56 bits per heavy atom. The Labute approximate surface area is 196 Å². The molecule has 7 heteroatoms. The Hall–Kier alpha value is -4.36. The van der Waals surface area contributed by atoms with Crippen LogP contribution >= 0.6 is 0 Å². The first-order chi connectivity index (χ1) is 16.6. The van der Waals surface area contributed by atoms with Crippen molar-refractivity contribution in [1.82, 2.24) is 25.1 Å². The zero-order valence-corrected chi connectivity index (χ0v) is 18.6. The normalized spacial score (nSPS) is 14.0. The number of pyridine rings is 2. The maximum Gasteiger partial charge on any atom is 0.276 e. The smallest absolute Gasteiger partial charge is 0.276 e. The lowest BCUT2D eigenvalue weighted by molar-refractivity contribution is 0.102. The Morgan fingerprint density at radius 1 is 0.794 bits per heavy atom. The summed E-state index contributed by atoms with van der Waals surface area (Å²) in [7, 11) is 2.11. The lowest BCUT2D eigenvalue weighted by Crippen LogP contribution is -2.17. The molecule has 1 aliphatic heterocycles. The van der Waals surface area contributed by atoms with Gasteiger partial charge in [-0.1, -0.05) is 24.3 Å². The molecule has 0 saturated heterocycles. The van der Waals surface area contributed by atoms with Gasteiger partial charge in [-0.3, -0.25) is 24.8 Å². The Balaban J connectivity index is 1.50. The van der Waals surface area contributed by atoms with E-state index >= 15 is 0 Å². The fourth-order valence-corrected chi connectivity index (χ4v) is 4.48. The molecule has 0 saturated carbocycles. The van der Waals surface area contributed by atoms with E-state index in [1.807, 2.05) is 42.9 Å². The Bertz CT molecular complexity index is 1540. The predicted molar refractivity (Wildman–Crippen MR) is 132 cm³/mol. The standard InChI is InChI=1S/C27H22N6O/c1-33-15-17-3-2-4-19(7-17)22-9-23(14-29-13-22)30-27(34)26-24-10-20(5-6-25(24)31-32-26)21-8-18(16-33)11-28-12-21/h2-14H,15-16H2,1H3,(H,30,34)(H,31,32). The lowest BCUT2D eigenvalue weighted by Gasteiger charge is -2.18. The molecule has 2 N–H and O–H groups in total. The Morgan fingerprint density at radius 3 is 2.47 bits per heavy atom. The average molecular weight is 447 g/mol. The van der Waals surface area contributed by atoms with Gasteiger partial charge >= 0.3 is 0 Å². The molecule has 6 rings (SSSR count). The molecule has 5 aromatic rings. The van der Waals surface area contributed by atoms with Gasteiger partial charge in [-0.15, -0.1) is 0 Å². The molecule has 0 fully saturated rings. The van der Waals surface area contributed by atoms with Crippen molar-refractivity contribution >= 4 is 22.5 Å². The summed E-state index contributed by atoms with van der Waals surface area (Å²) in [4.78, 5) is 24.3. The van der Waals surface area contributed by atoms with E-state index < -0.39 is 0 Å². The number of carbonyl (C=O) groups excluding carboxylic acids is 1. The van der Waals surface area contributed by atoms with Crippen LogP contribution in [0.25, 0.3) is 33.2 Å². The lowest BCUT2D eigenvalue weighted by atomic mass is 10.0. The summed E-state index contributed by atoms with van der Waals surface area (Å²) in [5, 5.41) is 11.0. The SMILES string of the molecule is CN1Cc2cccc(c2)-c2cncc(c2)NC(=O)c2n[nH]c3ccc(cc23)-c2cncc(c2)C1. The number of nitrogens with zero attached hydrogens (tertiary/aromatic N) is 4. The maximum absolute atomic E-state index is 13.1. The number of aromatic amines is 1. The molecule has 4 heterocycles. The van der Waals surface area contributed by atoms with Crippen LogP contribution in [-0.4, -0.2) is 38.0 Å². The van der Waals surface area contributed by atoms with Crippen LogP contribution in [-0.2, 0) is 13.1 Å². The van der Waals surface area contributed by atoms with Crippen LogP contribution < -0.4 is 5.32 Å². The number of H-pyrrole nitrogens is 1. The third kappa shape index (κ3) is 3.82. The largest absolute Gasteiger partial charge is 0.319 e. The highest BCUT2D eigenvalue weighted by Crippen LogP contribution is 2.28. The second-order valence-corrected chi connectivity index (χ2v) is 8.70. The molecule has 0 radical (unpaired) electrons. The highest BCUT2D eigenvalue weighted by Gasteiger charge is 2.16. The maximum atomic E-state index is 13.1. The topological polar surface area (TPSA) is 86.8 Å². The van der Waals surface area contributed by atoms with Crippen LogP contribution in [0.1, 0.15) is 21.6 Å². The minimum atomic E-state index is -0.286. The third-order valence-electron chi connectivity index (χ3n) is 6.07. The van der Waals surface area contributed by atoms with Crippen molar-refractivity contribution < 1.29 is 4.79 Å². The monoisotopic (exact) mass is 446 g/mol. The van der Waals surface area contributed by atoms with Crippen LogP contribution in [0.2, 0.25) is 0 Å². The predicted octanol–water partition coefficient (Wildman–Crippen LogP) is 4.88. The molecule has 166 valence electrons. The van der Waals surface area contributed by atoms with Crippen molar-refractivity contribution in [1.29, 1.82) is 0 Å². The van der Waals surface area contributed by atoms with E-state index in [2.05, 4.69) is 67.8 Å². The summed E-state index contributed by atoms with van der Waals surface area (Å²) < 4.78 is 0. The molecule has 3 aromatic heterocycles. The van der Waals surface area contributed by atoms with E-state index in [0.717, 1.165) is 51.8 Å². The second kappa shape index (κ2) is 8.20. The van der Waals surface area contributed by atoms with E-state index in [1.54, 1.807) is 6.20 Å². The van der Waals surface area contributed by atoms with Gasteiger partial charge in [0, 0.05) is 48.2 Å². The molecular formula is C27H22N6O. The number of nitrogens with one attached hydrogen (secondary N) is 2. The third-order valence-corrected chi connectivity index (χ3v) is 6.07. The average Bonchev–Trinajstić information content (AvgIpc) is 3.27. The molecule has 2 aromatic carbocycles. The van der Waals surface area contributed by atoms with E-state index in [0.29, 0.717) is 11.4 Å². The van der Waals surface area contributed by atoms with Gasteiger partial charge in [0.2, 0.25) is 0 Å². The summed E-state index contributed by atoms with van der Waals surface area (Å²) in [6.07, 6.45) is 7.21. The number of aromatic nitrogens is 4. The number of hydrogen-bond acceptors (Lipinski definition) is 5. The van der Waals surface area contributed by atoms with Gasteiger partial charge in [-0.2, -0.15) is 5.10 Å². The van der Waals surface area contributed by atoms with E-state index in [9.17, 15) is 4.79 Å². The number of carbonyl (C=O) groups is 1. The number of amides is 1. The molecule has 1 amide bonds. The number of rotatable bonds is 0. The molecule has 0 aliphatic carbocycles. The van der Waals surface area contributed by atoms with Gasteiger partial charge in [0.25, 0.3) is 5.91 Å². The first-order valence-corrected chi connectivity index (χ1v) is 11.1. The van der Waals surface area contributed by atoms with Gasteiger partial charge in [-0.05, 0) is 59.6 Å². The Kier molecular flexibility index (Phi) is 4.89. The second-order valence-electron chi connectivity index (χ2n) is 8.70. The summed E-state index contributed by atoms with van der Waals surface area (Å²) in [6.45, 7) is 1.57. The number of benzene rings is 2. The highest BCUT2D eigenvalue weighted by molar-refractivity contribution is 6.11. The van der Waals surface area contributed by atoms with Gasteiger partial charge in [0.05, 0.1) is 17.4 Å². The van der Waals surface area contributed by atoms with Crippen LogP contribution in [0.3, 0.4) is 0 Å². The van der Waals surface area contributed by atoms with Gasteiger partial charge in [0.15, 0.2) is 5.69 Å². The molecule has 1 aliphatic rings. The number of fused-ring (bicyclic) bond motifs is 9. The molecule has 0 unspecified atom stereocenters. The van der Waals surface area contributed by atoms with Crippen molar-refractivity contribution in [3.05, 3.63) is 96.2 Å². The first-order valence-electron chi connectivity index (χ1n) is 11.1. The summed E-state index contributed by atoms with van der Waals surface area (Å²) in [6, 6.07) is 18.4. The highest BCUT2D eigenvalue weighted by atomic mass is 16.1. The number of anilines is 1. The van der Waals surface area contributed by atoms with Gasteiger partial charge in [-0.25, -0.2) is 0 Å². The fraction of sp³-hybridized carbons (Fsp3) is 0.111. The summed E-state index contributed by atoms with van der Waals surface area (Å²) in [5.74, 6) is -0.286. The van der Waals surface area contributed by atoms with Gasteiger partial charge < -0.3 is 5.32 Å². The fourth-order valence-electron chi connectivity index (χ4n) is 4.48. The summed E-state index contributed by atoms with van der Waals surface area (Å²) in [5.41, 5.74) is 8.06. The minimum Gasteiger partial charge on any atom is -0.319 e.